The number of nitriles is 1. The third-order valence-electron chi connectivity index (χ3n) is 7.41. The normalized spacial score (nSPS) is 18.6. The molecule has 4 aromatic rings. The van der Waals surface area contributed by atoms with Gasteiger partial charge in [-0.1, -0.05) is 11.8 Å². The average molecular weight is 538 g/mol. The first-order valence-corrected chi connectivity index (χ1v) is 13.0. The zero-order valence-corrected chi connectivity index (χ0v) is 22.5. The average Bonchev–Trinajstić information content (AvgIpc) is 3.37. The molecule has 40 heavy (non-hydrogen) atoms. The number of hydrogen-bond acceptors (Lipinski definition) is 8. The molecule has 9 nitrogen and oxygen atoms in total. The molecule has 2 atom stereocenters. The second kappa shape index (κ2) is 9.91. The van der Waals surface area contributed by atoms with Gasteiger partial charge in [-0.15, -0.1) is 0 Å². The van der Waals surface area contributed by atoms with Gasteiger partial charge in [-0.3, -0.25) is 9.88 Å². The van der Waals surface area contributed by atoms with Crippen molar-refractivity contribution in [2.24, 2.45) is 0 Å². The van der Waals surface area contributed by atoms with E-state index in [4.69, 9.17) is 9.72 Å². The molecule has 3 saturated heterocycles. The van der Waals surface area contributed by atoms with Crippen molar-refractivity contribution >= 4 is 11.3 Å². The van der Waals surface area contributed by atoms with E-state index in [0.29, 0.717) is 41.0 Å². The van der Waals surface area contributed by atoms with Gasteiger partial charge in [0.15, 0.2) is 11.6 Å². The van der Waals surface area contributed by atoms with Gasteiger partial charge in [0.05, 0.1) is 36.3 Å². The van der Waals surface area contributed by atoms with Crippen LogP contribution in [0.4, 0.5) is 10.2 Å². The van der Waals surface area contributed by atoms with Crippen molar-refractivity contribution in [2.45, 2.75) is 44.5 Å². The van der Waals surface area contributed by atoms with Crippen LogP contribution < -0.4 is 9.64 Å². The van der Waals surface area contributed by atoms with Gasteiger partial charge in [0.25, 0.3) is 0 Å². The molecule has 0 spiro atoms. The molecule has 202 valence electrons. The highest BCUT2D eigenvalue weighted by atomic mass is 19.1. The summed E-state index contributed by atoms with van der Waals surface area (Å²) in [5.74, 6) is 6.49. The van der Waals surface area contributed by atoms with Crippen molar-refractivity contribution in [1.29, 1.82) is 5.26 Å². The number of methoxy groups -OCH3 is 1. The molecule has 0 saturated carbocycles. The lowest BCUT2D eigenvalue weighted by molar-refractivity contribution is -0.00977. The fourth-order valence-electron chi connectivity index (χ4n) is 5.46. The largest absolute Gasteiger partial charge is 0.492 e. The smallest absolute Gasteiger partial charge is 0.172 e. The second-order valence-corrected chi connectivity index (χ2v) is 10.8. The number of aromatic nitrogens is 4. The van der Waals surface area contributed by atoms with E-state index in [2.05, 4.69) is 37.8 Å². The molecule has 0 radical (unpaired) electrons. The summed E-state index contributed by atoms with van der Waals surface area (Å²) in [6, 6.07) is 10.3. The van der Waals surface area contributed by atoms with Gasteiger partial charge in [0.1, 0.15) is 17.5 Å². The highest BCUT2D eigenvalue weighted by molar-refractivity contribution is 5.85. The number of halogens is 1. The quantitative estimate of drug-likeness (QED) is 0.387. The number of nitrogens with zero attached hydrogens (tertiary/aromatic N) is 7. The Labute approximate surface area is 231 Å². The first kappa shape index (κ1) is 25.8. The molecule has 0 aromatic carbocycles. The minimum Gasteiger partial charge on any atom is -0.492 e. The number of anilines is 1. The van der Waals surface area contributed by atoms with E-state index in [0.717, 1.165) is 36.5 Å². The predicted octanol–water partition coefficient (Wildman–Crippen LogP) is 3.40. The van der Waals surface area contributed by atoms with Crippen LogP contribution in [0.15, 0.2) is 49.1 Å². The molecule has 7 rings (SSSR count). The van der Waals surface area contributed by atoms with Crippen LogP contribution in [-0.2, 0) is 6.54 Å². The maximum absolute atomic E-state index is 14.1. The first-order chi connectivity index (χ1) is 19.2. The van der Waals surface area contributed by atoms with Crippen LogP contribution in [0, 0.1) is 29.0 Å². The summed E-state index contributed by atoms with van der Waals surface area (Å²) in [5, 5.41) is 24.0. The number of pyridine rings is 3. The maximum Gasteiger partial charge on any atom is 0.172 e. The topological polar surface area (TPSA) is 103 Å². The zero-order valence-electron chi connectivity index (χ0n) is 22.5. The summed E-state index contributed by atoms with van der Waals surface area (Å²) in [6.45, 7) is 5.52. The van der Waals surface area contributed by atoms with Gasteiger partial charge in [0, 0.05) is 66.9 Å². The fraction of sp³-hybridized carbons (Fsp3) is 0.333. The summed E-state index contributed by atoms with van der Waals surface area (Å²) in [7, 11) is 1.43. The molecule has 3 aliphatic heterocycles. The third kappa shape index (κ3) is 4.84. The lowest BCUT2D eigenvalue weighted by Crippen LogP contribution is -2.68. The Morgan fingerprint density at radius 2 is 1.95 bits per heavy atom. The number of fused-ring (bicyclic) bond motifs is 3. The molecular weight excluding hydrogens is 509 g/mol. The second-order valence-electron chi connectivity index (χ2n) is 10.8. The van der Waals surface area contributed by atoms with Crippen LogP contribution in [0.5, 0.6) is 5.75 Å². The predicted molar refractivity (Wildman–Crippen MR) is 147 cm³/mol. The van der Waals surface area contributed by atoms with Gasteiger partial charge in [-0.05, 0) is 38.5 Å². The zero-order chi connectivity index (χ0) is 28.0. The molecule has 3 fully saturated rings. The number of aliphatic hydroxyl groups is 1. The standard InChI is InChI=1S/C30H28FN7O2/c1-30(2,39)7-6-19-8-25(29-21(11-32)13-35-38(29)15-19)20-4-5-28(34-12-20)36-17-23-10-24(18-36)37(23)16-22-9-26(31)27(40-3)14-33-22/h4-5,8-9,12-15,23-24,39H,10,16-18H2,1-3H3. The SMILES string of the molecule is COc1cnc(CN2C3CC2CN(c2ccc(-c4cc(C#CC(C)(C)O)cn5ncc(C#N)c45)cn2)C3)cc1F. The van der Waals surface area contributed by atoms with Gasteiger partial charge >= 0.3 is 0 Å². The Kier molecular flexibility index (Phi) is 6.38. The van der Waals surface area contributed by atoms with Crippen LogP contribution in [-0.4, -0.2) is 67.5 Å². The van der Waals surface area contributed by atoms with Crippen molar-refractivity contribution in [3.8, 4) is 34.8 Å². The Morgan fingerprint density at radius 1 is 1.15 bits per heavy atom. The molecule has 7 heterocycles. The molecule has 3 aliphatic rings. The summed E-state index contributed by atoms with van der Waals surface area (Å²) in [4.78, 5) is 13.8. The monoisotopic (exact) mass is 537 g/mol. The number of piperidine rings is 1. The molecule has 2 bridgehead atoms. The Balaban J connectivity index is 1.21. The molecule has 1 N–H and O–H groups in total. The van der Waals surface area contributed by atoms with Crippen molar-refractivity contribution < 1.29 is 14.2 Å². The lowest BCUT2D eigenvalue weighted by atomic mass is 9.87. The number of ether oxygens (including phenoxy) is 1. The summed E-state index contributed by atoms with van der Waals surface area (Å²) >= 11 is 0. The number of hydrogen-bond donors (Lipinski definition) is 1. The van der Waals surface area contributed by atoms with Crippen LogP contribution in [0.2, 0.25) is 0 Å². The van der Waals surface area contributed by atoms with Crippen LogP contribution >= 0.6 is 0 Å². The Bertz CT molecular complexity index is 1680. The lowest BCUT2D eigenvalue weighted by Gasteiger charge is -2.56. The van der Waals surface area contributed by atoms with E-state index in [1.54, 1.807) is 24.6 Å². The molecule has 0 aliphatic carbocycles. The van der Waals surface area contributed by atoms with E-state index in [1.165, 1.54) is 25.6 Å². The summed E-state index contributed by atoms with van der Waals surface area (Å²) in [5.41, 5.74) is 3.02. The maximum atomic E-state index is 14.1. The Hall–Kier alpha value is -4.51. The summed E-state index contributed by atoms with van der Waals surface area (Å²) in [6.07, 6.45) is 7.64. The molecule has 0 amide bonds. The minimum atomic E-state index is -1.13. The van der Waals surface area contributed by atoms with Crippen LogP contribution in [0.25, 0.3) is 16.6 Å². The molecule has 2 unspecified atom stereocenters. The highest BCUT2D eigenvalue weighted by Gasteiger charge is 2.44. The van der Waals surface area contributed by atoms with Crippen molar-refractivity contribution in [2.75, 3.05) is 25.1 Å². The summed E-state index contributed by atoms with van der Waals surface area (Å²) < 4.78 is 20.8. The van der Waals surface area contributed by atoms with Crippen LogP contribution in [0.3, 0.4) is 0 Å². The van der Waals surface area contributed by atoms with E-state index in [-0.39, 0.29) is 5.75 Å². The van der Waals surface area contributed by atoms with Crippen molar-refractivity contribution in [3.63, 3.8) is 0 Å². The van der Waals surface area contributed by atoms with E-state index >= 15 is 0 Å². The van der Waals surface area contributed by atoms with Crippen molar-refractivity contribution in [1.82, 2.24) is 24.5 Å². The van der Waals surface area contributed by atoms with Gasteiger partial charge in [0.2, 0.25) is 0 Å². The third-order valence-corrected chi connectivity index (χ3v) is 7.41. The highest BCUT2D eigenvalue weighted by Crippen LogP contribution is 2.36. The van der Waals surface area contributed by atoms with Gasteiger partial charge < -0.3 is 14.7 Å². The number of rotatable bonds is 5. The van der Waals surface area contributed by atoms with Crippen molar-refractivity contribution in [3.05, 3.63) is 71.7 Å². The molecular formula is C30H28FN7O2. The Morgan fingerprint density at radius 3 is 2.60 bits per heavy atom. The number of piperazine rings is 1. The van der Waals surface area contributed by atoms with E-state index in [9.17, 15) is 14.8 Å². The van der Waals surface area contributed by atoms with E-state index in [1.807, 2.05) is 24.4 Å². The minimum absolute atomic E-state index is 0.153. The molecule has 10 heteroatoms. The van der Waals surface area contributed by atoms with Crippen LogP contribution in [0.1, 0.15) is 37.1 Å². The van der Waals surface area contributed by atoms with Gasteiger partial charge in [-0.2, -0.15) is 10.4 Å². The first-order valence-electron chi connectivity index (χ1n) is 13.0. The van der Waals surface area contributed by atoms with E-state index < -0.39 is 11.4 Å². The fourth-order valence-corrected chi connectivity index (χ4v) is 5.46. The van der Waals surface area contributed by atoms with Gasteiger partial charge in [-0.25, -0.2) is 13.9 Å². The molecule has 4 aromatic heterocycles.